The number of halogens is 3. The molecule has 0 spiro atoms. The van der Waals surface area contributed by atoms with Crippen LogP contribution in [0.3, 0.4) is 0 Å². The zero-order valence-electron chi connectivity index (χ0n) is 29.7. The first-order chi connectivity index (χ1) is 25.0. The smallest absolute Gasteiger partial charge is 0.416 e. The van der Waals surface area contributed by atoms with Gasteiger partial charge in [-0.2, -0.15) is 28.2 Å². The van der Waals surface area contributed by atoms with Crippen LogP contribution in [0.2, 0.25) is 0 Å². The first-order valence-corrected chi connectivity index (χ1v) is 17.8. The highest BCUT2D eigenvalue weighted by Crippen LogP contribution is 2.45. The molecule has 3 aromatic rings. The fourth-order valence-corrected chi connectivity index (χ4v) is 6.96. The van der Waals surface area contributed by atoms with E-state index in [1.165, 1.54) is 15.8 Å². The Morgan fingerprint density at radius 2 is 1.81 bits per heavy atom. The molecule has 15 heteroatoms. The van der Waals surface area contributed by atoms with Gasteiger partial charge in [0.05, 0.1) is 11.6 Å². The summed E-state index contributed by atoms with van der Waals surface area (Å²) in [4.78, 5) is 56.3. The van der Waals surface area contributed by atoms with E-state index in [9.17, 15) is 37.5 Å². The molecule has 1 aromatic heterocycles. The molecule has 0 unspecified atom stereocenters. The minimum absolute atomic E-state index is 0.0327. The van der Waals surface area contributed by atoms with Gasteiger partial charge in [0.1, 0.15) is 34.3 Å². The van der Waals surface area contributed by atoms with Gasteiger partial charge in [-0.25, -0.2) is 9.59 Å². The number of hydrogen-bond donors (Lipinski definition) is 3. The van der Waals surface area contributed by atoms with Gasteiger partial charge in [0.25, 0.3) is 0 Å². The van der Waals surface area contributed by atoms with E-state index < -0.39 is 70.8 Å². The molecular formula is C38H43F3N6O6. The van der Waals surface area contributed by atoms with Crippen LogP contribution in [-0.4, -0.2) is 78.6 Å². The number of rotatable bonds is 5. The molecule has 3 aliphatic rings. The summed E-state index contributed by atoms with van der Waals surface area (Å²) in [6, 6.07) is 7.89. The van der Waals surface area contributed by atoms with Gasteiger partial charge in [-0.05, 0) is 64.2 Å². The second-order valence-corrected chi connectivity index (χ2v) is 14.9. The van der Waals surface area contributed by atoms with Crippen LogP contribution in [0.4, 0.5) is 18.0 Å². The van der Waals surface area contributed by atoms with Crippen molar-refractivity contribution in [3.05, 3.63) is 71.3 Å². The van der Waals surface area contributed by atoms with E-state index in [1.807, 2.05) is 12.1 Å². The van der Waals surface area contributed by atoms with Crippen molar-refractivity contribution >= 4 is 47.1 Å². The summed E-state index contributed by atoms with van der Waals surface area (Å²) in [5, 5.41) is 24.5. The lowest BCUT2D eigenvalue weighted by Gasteiger charge is -2.30. The number of carboxylic acids is 1. The molecule has 0 radical (unpaired) electrons. The number of nitrogens with one attached hydrogen (secondary N) is 2. The van der Waals surface area contributed by atoms with Crippen LogP contribution in [0.15, 0.2) is 54.6 Å². The second-order valence-electron chi connectivity index (χ2n) is 14.9. The van der Waals surface area contributed by atoms with Crippen molar-refractivity contribution in [2.45, 2.75) is 101 Å². The number of fused-ring (bicyclic) bond motifs is 3. The Balaban J connectivity index is 1.37. The third-order valence-corrected chi connectivity index (χ3v) is 9.77. The lowest BCUT2D eigenvalue weighted by Crippen LogP contribution is -2.56. The topological polar surface area (TPSA) is 156 Å². The summed E-state index contributed by atoms with van der Waals surface area (Å²) >= 11 is 0. The van der Waals surface area contributed by atoms with Crippen molar-refractivity contribution in [2.24, 2.45) is 5.92 Å². The lowest BCUT2D eigenvalue weighted by atomic mass is 10.0. The maximum Gasteiger partial charge on any atom is 0.416 e. The van der Waals surface area contributed by atoms with Gasteiger partial charge in [-0.1, -0.05) is 67.5 Å². The number of carbonyl (C=O) groups excluding carboxylic acids is 3. The number of hydrogen-bond acceptors (Lipinski definition) is 7. The van der Waals surface area contributed by atoms with E-state index in [0.29, 0.717) is 12.8 Å². The Hall–Kier alpha value is -5.21. The maximum absolute atomic E-state index is 14.4. The van der Waals surface area contributed by atoms with Gasteiger partial charge < -0.3 is 25.4 Å². The average Bonchev–Trinajstić information content (AvgIpc) is 3.38. The van der Waals surface area contributed by atoms with Gasteiger partial charge in [-0.15, -0.1) is 0 Å². The minimum atomic E-state index is -4.67. The van der Waals surface area contributed by atoms with Gasteiger partial charge in [0.15, 0.2) is 0 Å². The summed E-state index contributed by atoms with van der Waals surface area (Å²) in [6.45, 7) is 4.94. The molecule has 1 saturated carbocycles. The number of aliphatic carboxylic acids is 1. The third-order valence-electron chi connectivity index (χ3n) is 9.77. The lowest BCUT2D eigenvalue weighted by molar-refractivity contribution is -0.145. The molecule has 2 aromatic carbocycles. The highest BCUT2D eigenvalue weighted by Gasteiger charge is 2.61. The zero-order valence-corrected chi connectivity index (χ0v) is 29.7. The number of aromatic nitrogens is 3. The number of benzene rings is 2. The van der Waals surface area contributed by atoms with Crippen molar-refractivity contribution in [1.82, 2.24) is 30.5 Å². The molecule has 6 rings (SSSR count). The number of nitrogens with zero attached hydrogens (tertiary/aromatic N) is 4. The maximum atomic E-state index is 14.4. The van der Waals surface area contributed by atoms with Crippen LogP contribution in [-0.2, 0) is 25.3 Å². The van der Waals surface area contributed by atoms with E-state index in [-0.39, 0.29) is 42.4 Å². The van der Waals surface area contributed by atoms with Crippen LogP contribution in [0.25, 0.3) is 23.2 Å². The minimum Gasteiger partial charge on any atom is -0.479 e. The van der Waals surface area contributed by atoms with Crippen molar-refractivity contribution in [2.75, 3.05) is 6.54 Å². The third kappa shape index (κ3) is 8.55. The quantitative estimate of drug-likeness (QED) is 0.209. The molecule has 53 heavy (non-hydrogen) atoms. The number of ether oxygens (including phenoxy) is 1. The Morgan fingerprint density at radius 1 is 1.06 bits per heavy atom. The molecule has 3 amide bonds. The summed E-state index contributed by atoms with van der Waals surface area (Å²) in [6.07, 6.45) is 4.57. The zero-order chi connectivity index (χ0) is 38.1. The summed E-state index contributed by atoms with van der Waals surface area (Å²) in [5.41, 5.74) is -2.21. The van der Waals surface area contributed by atoms with Crippen LogP contribution in [0.1, 0.15) is 88.4 Å². The van der Waals surface area contributed by atoms with Crippen LogP contribution < -0.4 is 10.6 Å². The fourth-order valence-electron chi connectivity index (χ4n) is 6.96. The van der Waals surface area contributed by atoms with Crippen molar-refractivity contribution in [3.8, 4) is 0 Å². The molecule has 3 heterocycles. The number of allylic oxidation sites excluding steroid dienone is 1. The molecule has 5 atom stereocenters. The Bertz CT molecular complexity index is 1940. The first-order valence-electron chi connectivity index (χ1n) is 17.8. The largest absolute Gasteiger partial charge is 0.479 e. The Labute approximate surface area is 304 Å². The fraction of sp³-hybridized carbons (Fsp3) is 0.474. The number of alkyl halides is 3. The number of carboxylic acid groups (broad SMARTS) is 1. The standard InChI is InChI=1S/C38H43F3N6O6/c1-36(2,3)53-35(52)42-28-15-11-6-4-5-10-14-25-21-37(25,34(50)51)43-32(48)30-20-27(22-46(30)33(28)49)47-44-29-19-26(38(39,40)41)18-24(31(29)45-47)17-16-23-12-8-7-9-13-23/h7-10,12-14,16-19,25,27-28,30H,4-6,11,15,20-22H2,1-3H3,(H,42,52)(H,43,48)(H,50,51)/b14-10-,17-16+/t25-,27-,28+,30-,37-/m0/s1. The number of carbonyl (C=O) groups is 4. The van der Waals surface area contributed by atoms with Gasteiger partial charge in [-0.3, -0.25) is 9.59 Å². The van der Waals surface area contributed by atoms with E-state index in [4.69, 9.17) is 4.74 Å². The van der Waals surface area contributed by atoms with E-state index >= 15 is 0 Å². The summed E-state index contributed by atoms with van der Waals surface area (Å²) in [5.74, 6) is -2.91. The number of amides is 3. The number of alkyl carbamates (subject to hydrolysis) is 1. The summed E-state index contributed by atoms with van der Waals surface area (Å²) in [7, 11) is 0. The molecule has 3 N–H and O–H groups in total. The second kappa shape index (κ2) is 14.7. The molecular weight excluding hydrogens is 693 g/mol. The average molecular weight is 737 g/mol. The first kappa shape index (κ1) is 37.5. The van der Waals surface area contributed by atoms with Gasteiger partial charge in [0.2, 0.25) is 11.8 Å². The summed E-state index contributed by atoms with van der Waals surface area (Å²) < 4.78 is 47.5. The Morgan fingerprint density at radius 3 is 2.51 bits per heavy atom. The van der Waals surface area contributed by atoms with Crippen LogP contribution >= 0.6 is 0 Å². The van der Waals surface area contributed by atoms with E-state index in [1.54, 1.807) is 57.2 Å². The highest BCUT2D eigenvalue weighted by molar-refractivity contribution is 5.96. The van der Waals surface area contributed by atoms with Crippen LogP contribution in [0.5, 0.6) is 0 Å². The van der Waals surface area contributed by atoms with E-state index in [2.05, 4.69) is 20.8 Å². The highest BCUT2D eigenvalue weighted by atomic mass is 19.4. The molecule has 2 aliphatic heterocycles. The van der Waals surface area contributed by atoms with Crippen molar-refractivity contribution in [1.29, 1.82) is 0 Å². The van der Waals surface area contributed by atoms with Gasteiger partial charge in [0, 0.05) is 24.4 Å². The molecule has 1 aliphatic carbocycles. The van der Waals surface area contributed by atoms with Crippen molar-refractivity contribution < 1.29 is 42.2 Å². The Kier molecular flexibility index (Phi) is 10.4. The van der Waals surface area contributed by atoms with Gasteiger partial charge >= 0.3 is 18.2 Å². The predicted octanol–water partition coefficient (Wildman–Crippen LogP) is 6.14. The van der Waals surface area contributed by atoms with Crippen molar-refractivity contribution in [3.63, 3.8) is 0 Å². The molecule has 12 nitrogen and oxygen atoms in total. The van der Waals surface area contributed by atoms with Crippen LogP contribution in [0, 0.1) is 5.92 Å². The monoisotopic (exact) mass is 736 g/mol. The normalized spacial score (nSPS) is 26.3. The SMILES string of the molecule is CC(C)(C)OC(=O)N[C@@H]1CCCCC/C=C\[C@H]2C[C@]2(C(=O)O)NC(=O)[C@@H]2C[C@H](n3nc4cc(C(F)(F)F)cc(/C=C/c5ccccc5)c4n3)CN2C1=O. The molecule has 282 valence electrons. The van der Waals surface area contributed by atoms with E-state index in [0.717, 1.165) is 30.5 Å². The predicted molar refractivity (Wildman–Crippen MR) is 189 cm³/mol. The molecule has 1 saturated heterocycles. The molecule has 2 fully saturated rings. The molecule has 0 bridgehead atoms.